The van der Waals surface area contributed by atoms with E-state index in [1.165, 1.54) is 6.07 Å². The van der Waals surface area contributed by atoms with Gasteiger partial charge in [0.25, 0.3) is 0 Å². The zero-order valence-electron chi connectivity index (χ0n) is 9.65. The summed E-state index contributed by atoms with van der Waals surface area (Å²) in [6.45, 7) is 0.467. The minimum absolute atomic E-state index is 0.228. The van der Waals surface area contributed by atoms with Crippen LogP contribution in [0.1, 0.15) is 5.56 Å². The van der Waals surface area contributed by atoms with Crippen molar-refractivity contribution in [1.29, 1.82) is 0 Å². The highest BCUT2D eigenvalue weighted by molar-refractivity contribution is 5.85. The summed E-state index contributed by atoms with van der Waals surface area (Å²) in [5.41, 5.74) is 8.85. The van der Waals surface area contributed by atoms with Gasteiger partial charge in [-0.3, -0.25) is 4.98 Å². The number of H-pyrrole nitrogens is 1. The maximum absolute atomic E-state index is 13.6. The first-order valence-corrected chi connectivity index (χ1v) is 5.70. The van der Waals surface area contributed by atoms with Gasteiger partial charge >= 0.3 is 0 Å². The molecular weight excluding hydrogens is 229 g/mol. The number of nitrogens with two attached hydrogens (primary N) is 1. The second-order valence-corrected chi connectivity index (χ2v) is 4.14. The van der Waals surface area contributed by atoms with Gasteiger partial charge in [-0.15, -0.1) is 0 Å². The Balaban J connectivity index is 2.10. The summed E-state index contributed by atoms with van der Waals surface area (Å²) in [7, 11) is 0. The molecule has 0 aliphatic carbocycles. The molecule has 3 nitrogen and oxygen atoms in total. The minimum Gasteiger partial charge on any atom is -0.353 e. The van der Waals surface area contributed by atoms with E-state index >= 15 is 0 Å². The van der Waals surface area contributed by atoms with Crippen molar-refractivity contribution < 1.29 is 4.39 Å². The molecule has 0 atom stereocenters. The van der Waals surface area contributed by atoms with Crippen LogP contribution in [0.25, 0.3) is 22.3 Å². The molecule has 1 aromatic carbocycles. The van der Waals surface area contributed by atoms with Gasteiger partial charge in [0.05, 0.1) is 11.4 Å². The zero-order valence-corrected chi connectivity index (χ0v) is 9.65. The van der Waals surface area contributed by atoms with E-state index in [0.29, 0.717) is 11.9 Å². The van der Waals surface area contributed by atoms with Gasteiger partial charge in [-0.05, 0) is 29.8 Å². The number of hydrogen-bond donors (Lipinski definition) is 2. The highest BCUT2D eigenvalue weighted by Gasteiger charge is 2.07. The molecule has 0 aliphatic rings. The van der Waals surface area contributed by atoms with Gasteiger partial charge in [0.2, 0.25) is 0 Å². The van der Waals surface area contributed by atoms with E-state index in [0.717, 1.165) is 22.5 Å². The fraction of sp³-hybridized carbons (Fsp3) is 0.0714. The number of fused-ring (bicyclic) bond motifs is 1. The van der Waals surface area contributed by atoms with Gasteiger partial charge in [-0.25, -0.2) is 4.39 Å². The van der Waals surface area contributed by atoms with Crippen LogP contribution < -0.4 is 5.73 Å². The number of nitrogens with zero attached hydrogens (tertiary/aromatic N) is 1. The topological polar surface area (TPSA) is 54.7 Å². The number of rotatable bonds is 2. The number of aromatic amines is 1. The van der Waals surface area contributed by atoms with Crippen LogP contribution in [0.5, 0.6) is 0 Å². The number of hydrogen-bond acceptors (Lipinski definition) is 2. The van der Waals surface area contributed by atoms with Crippen molar-refractivity contribution >= 4 is 10.9 Å². The van der Waals surface area contributed by atoms with E-state index in [4.69, 9.17) is 5.73 Å². The largest absolute Gasteiger partial charge is 0.353 e. The molecule has 0 unspecified atom stereocenters. The molecule has 18 heavy (non-hydrogen) atoms. The summed E-state index contributed by atoms with van der Waals surface area (Å²) in [5.74, 6) is -0.228. The number of aromatic nitrogens is 2. The second-order valence-electron chi connectivity index (χ2n) is 4.14. The fourth-order valence-electron chi connectivity index (χ4n) is 1.96. The molecule has 3 aromatic rings. The van der Waals surface area contributed by atoms with Gasteiger partial charge in [-0.2, -0.15) is 0 Å². The average Bonchev–Trinajstić information content (AvgIpc) is 2.84. The number of benzene rings is 1. The van der Waals surface area contributed by atoms with E-state index < -0.39 is 0 Å². The number of pyridine rings is 1. The van der Waals surface area contributed by atoms with Crippen LogP contribution in [0.3, 0.4) is 0 Å². The van der Waals surface area contributed by atoms with Gasteiger partial charge in [-0.1, -0.05) is 12.1 Å². The van der Waals surface area contributed by atoms with Crippen LogP contribution in [-0.2, 0) is 6.54 Å². The lowest BCUT2D eigenvalue weighted by Crippen LogP contribution is -1.96. The highest BCUT2D eigenvalue weighted by atomic mass is 19.1. The summed E-state index contributed by atoms with van der Waals surface area (Å²) >= 11 is 0. The van der Waals surface area contributed by atoms with Crippen molar-refractivity contribution in [2.75, 3.05) is 0 Å². The summed E-state index contributed by atoms with van der Waals surface area (Å²) in [5, 5.41) is 0.581. The van der Waals surface area contributed by atoms with E-state index in [-0.39, 0.29) is 5.82 Å². The predicted molar refractivity (Wildman–Crippen MR) is 69.4 cm³/mol. The van der Waals surface area contributed by atoms with Gasteiger partial charge in [0.1, 0.15) is 5.82 Å². The summed E-state index contributed by atoms with van der Waals surface area (Å²) in [6.07, 6.45) is 1.73. The maximum atomic E-state index is 13.6. The predicted octanol–water partition coefficient (Wildman–Crippen LogP) is 2.83. The molecule has 3 rings (SSSR count). The zero-order chi connectivity index (χ0) is 12.5. The lowest BCUT2D eigenvalue weighted by Gasteiger charge is -1.98. The standard InChI is InChI=1S/C14H12FN3/c15-11-2-1-3-12-10(11)6-14(18-12)13-5-4-9(7-16)8-17-13/h1-6,8,18H,7,16H2. The van der Waals surface area contributed by atoms with Crippen LogP contribution in [0.4, 0.5) is 4.39 Å². The van der Waals surface area contributed by atoms with E-state index in [9.17, 15) is 4.39 Å². The fourth-order valence-corrected chi connectivity index (χ4v) is 1.96. The van der Waals surface area contributed by atoms with Gasteiger partial charge < -0.3 is 10.7 Å². The summed E-state index contributed by atoms with van der Waals surface area (Å²) in [4.78, 5) is 7.47. The smallest absolute Gasteiger partial charge is 0.132 e. The molecule has 0 fully saturated rings. The van der Waals surface area contributed by atoms with Crippen LogP contribution in [-0.4, -0.2) is 9.97 Å². The highest BCUT2D eigenvalue weighted by Crippen LogP contribution is 2.24. The quantitative estimate of drug-likeness (QED) is 0.724. The van der Waals surface area contributed by atoms with Crippen molar-refractivity contribution in [2.45, 2.75) is 6.54 Å². The Bertz CT molecular complexity index is 686. The molecule has 0 saturated heterocycles. The average molecular weight is 241 g/mol. The van der Waals surface area contributed by atoms with Gasteiger partial charge in [0.15, 0.2) is 0 Å². The van der Waals surface area contributed by atoms with Crippen molar-refractivity contribution in [3.05, 3.63) is 54.0 Å². The Hall–Kier alpha value is -2.20. The van der Waals surface area contributed by atoms with Crippen molar-refractivity contribution in [3.8, 4) is 11.4 Å². The summed E-state index contributed by atoms with van der Waals surface area (Å²) < 4.78 is 13.6. The molecule has 2 aromatic heterocycles. The first-order valence-electron chi connectivity index (χ1n) is 5.70. The Kier molecular flexibility index (Phi) is 2.57. The third kappa shape index (κ3) is 1.76. The molecule has 0 saturated carbocycles. The van der Waals surface area contributed by atoms with Crippen LogP contribution in [0.2, 0.25) is 0 Å². The Morgan fingerprint density at radius 2 is 2.11 bits per heavy atom. The number of halogens is 1. The number of nitrogens with one attached hydrogen (secondary N) is 1. The molecule has 2 heterocycles. The third-order valence-electron chi connectivity index (χ3n) is 2.95. The molecule has 3 N–H and O–H groups in total. The van der Waals surface area contributed by atoms with E-state index in [2.05, 4.69) is 9.97 Å². The van der Waals surface area contributed by atoms with E-state index in [1.807, 2.05) is 18.2 Å². The maximum Gasteiger partial charge on any atom is 0.132 e. The molecule has 0 amide bonds. The Labute approximate surface area is 103 Å². The van der Waals surface area contributed by atoms with Gasteiger partial charge in [0, 0.05) is 23.6 Å². The monoisotopic (exact) mass is 241 g/mol. The Morgan fingerprint density at radius 3 is 2.78 bits per heavy atom. The van der Waals surface area contributed by atoms with Crippen LogP contribution in [0.15, 0.2) is 42.6 Å². The molecular formula is C14H12FN3. The summed E-state index contributed by atoms with van der Waals surface area (Å²) in [6, 6.07) is 10.5. The third-order valence-corrected chi connectivity index (χ3v) is 2.95. The first-order chi connectivity index (χ1) is 8.78. The van der Waals surface area contributed by atoms with E-state index in [1.54, 1.807) is 18.3 Å². The second kappa shape index (κ2) is 4.23. The lowest BCUT2D eigenvalue weighted by atomic mass is 10.2. The first kappa shape index (κ1) is 10.9. The molecule has 4 heteroatoms. The molecule has 0 aliphatic heterocycles. The normalized spacial score (nSPS) is 11.0. The van der Waals surface area contributed by atoms with Crippen molar-refractivity contribution in [1.82, 2.24) is 9.97 Å². The SMILES string of the molecule is NCc1ccc(-c2cc3c(F)cccc3[nH]2)nc1. The van der Waals surface area contributed by atoms with Crippen molar-refractivity contribution in [3.63, 3.8) is 0 Å². The van der Waals surface area contributed by atoms with Crippen LogP contribution >= 0.6 is 0 Å². The Morgan fingerprint density at radius 1 is 1.22 bits per heavy atom. The molecule has 0 radical (unpaired) electrons. The lowest BCUT2D eigenvalue weighted by molar-refractivity contribution is 0.640. The molecule has 0 spiro atoms. The molecule has 0 bridgehead atoms. The minimum atomic E-state index is -0.228. The van der Waals surface area contributed by atoms with Crippen LogP contribution in [0, 0.1) is 5.82 Å². The van der Waals surface area contributed by atoms with Crippen molar-refractivity contribution in [2.24, 2.45) is 5.73 Å². The molecule has 90 valence electrons.